The topological polar surface area (TPSA) is 143 Å². The molecule has 0 aromatic carbocycles. The number of rotatable bonds is 6. The molecule has 12 nitrogen and oxygen atoms in total. The number of hydrogen-bond acceptors (Lipinski definition) is 10. The molecule has 0 aromatic rings. The van der Waals surface area contributed by atoms with Crippen LogP contribution in [-0.2, 0) is 38.5 Å². The molecule has 0 aliphatic carbocycles. The zero-order chi connectivity index (χ0) is 27.6. The molecule has 0 radical (unpaired) electrons. The van der Waals surface area contributed by atoms with Crippen molar-refractivity contribution in [3.05, 3.63) is 0 Å². The Morgan fingerprint density at radius 3 is 2.21 bits per heavy atom. The van der Waals surface area contributed by atoms with Crippen LogP contribution >= 0.6 is 11.8 Å². The molecule has 5 saturated heterocycles. The third-order valence-corrected chi connectivity index (χ3v) is 12.6. The van der Waals surface area contributed by atoms with E-state index < -0.39 is 67.5 Å². The van der Waals surface area contributed by atoms with Gasteiger partial charge in [0.05, 0.1) is 17.5 Å². The van der Waals surface area contributed by atoms with Crippen molar-refractivity contribution in [3.63, 3.8) is 0 Å². The van der Waals surface area contributed by atoms with E-state index in [4.69, 9.17) is 9.47 Å². The number of carbonyl (C=O) groups is 4. The SMILES string of the molecule is CC1(C)S[C@@H]2C(N=CN3CCCCCC3)C(=O)N2[C@H]1C(=O)OCOC(=O)[C@@H]1N2C(=O)C[C@H]2S(=O)(=O)C1(C)C. The van der Waals surface area contributed by atoms with Crippen LogP contribution in [0.15, 0.2) is 4.99 Å². The summed E-state index contributed by atoms with van der Waals surface area (Å²) in [6.45, 7) is 7.54. The van der Waals surface area contributed by atoms with E-state index in [-0.39, 0.29) is 17.7 Å². The van der Waals surface area contributed by atoms with Crippen LogP contribution < -0.4 is 0 Å². The van der Waals surface area contributed by atoms with Crippen molar-refractivity contribution >= 4 is 51.7 Å². The molecule has 0 spiro atoms. The zero-order valence-corrected chi connectivity index (χ0v) is 23.6. The molecular weight excluding hydrogens is 536 g/mol. The minimum atomic E-state index is -3.76. The van der Waals surface area contributed by atoms with Gasteiger partial charge in [-0.15, -0.1) is 11.8 Å². The molecule has 0 N–H and O–H groups in total. The van der Waals surface area contributed by atoms with E-state index in [0.717, 1.165) is 30.8 Å². The van der Waals surface area contributed by atoms with Gasteiger partial charge in [0.2, 0.25) is 12.7 Å². The van der Waals surface area contributed by atoms with Crippen LogP contribution in [0.3, 0.4) is 0 Å². The van der Waals surface area contributed by atoms with Gasteiger partial charge in [-0.2, -0.15) is 0 Å². The summed E-state index contributed by atoms with van der Waals surface area (Å²) in [5.74, 6) is -2.37. The number of sulfone groups is 1. The Hall–Kier alpha value is -2.35. The smallest absolute Gasteiger partial charge is 0.333 e. The number of amides is 2. The standard InChI is InChI=1S/C24H34N4O8S2/c1-23(2)17(28-19(30)16(20(28)37-23)25-12-26-9-7-5-6-8-10-26)21(31)35-13-36-22(32)18-24(3,4)38(33,34)15-11-14(29)27(15)18/h12,15-18,20H,5-11,13H2,1-4H3/t15-,16?,17+,18+,20-/m1/s1. The number of esters is 2. The molecule has 5 aliphatic heterocycles. The molecule has 5 aliphatic rings. The number of aliphatic imine (C=N–C) groups is 1. The van der Waals surface area contributed by atoms with E-state index in [1.807, 2.05) is 13.8 Å². The van der Waals surface area contributed by atoms with Gasteiger partial charge in [0, 0.05) is 17.8 Å². The van der Waals surface area contributed by atoms with Gasteiger partial charge in [-0.05, 0) is 40.5 Å². The highest BCUT2D eigenvalue weighted by molar-refractivity contribution is 8.01. The fourth-order valence-electron chi connectivity index (χ4n) is 6.00. The van der Waals surface area contributed by atoms with Crippen molar-refractivity contribution in [2.24, 2.45) is 4.99 Å². The Balaban J connectivity index is 1.18. The van der Waals surface area contributed by atoms with E-state index in [1.165, 1.54) is 43.4 Å². The van der Waals surface area contributed by atoms with Crippen molar-refractivity contribution < 1.29 is 37.1 Å². The minimum absolute atomic E-state index is 0.160. The van der Waals surface area contributed by atoms with Crippen LogP contribution in [0.5, 0.6) is 0 Å². The first-order valence-corrected chi connectivity index (χ1v) is 15.4. The normalized spacial score (nSPS) is 34.7. The van der Waals surface area contributed by atoms with E-state index in [9.17, 15) is 27.6 Å². The third kappa shape index (κ3) is 4.09. The van der Waals surface area contributed by atoms with E-state index in [0.29, 0.717) is 0 Å². The van der Waals surface area contributed by atoms with Crippen molar-refractivity contribution in [1.29, 1.82) is 0 Å². The van der Waals surface area contributed by atoms with Crippen molar-refractivity contribution in [2.75, 3.05) is 19.9 Å². The summed E-state index contributed by atoms with van der Waals surface area (Å²) in [5, 5.41) is -1.33. The highest BCUT2D eigenvalue weighted by Crippen LogP contribution is 2.52. The van der Waals surface area contributed by atoms with Gasteiger partial charge < -0.3 is 24.2 Å². The largest absolute Gasteiger partial charge is 0.426 e. The monoisotopic (exact) mass is 570 g/mol. The van der Waals surface area contributed by atoms with Crippen LogP contribution in [-0.4, -0.2) is 111 Å². The first-order valence-electron chi connectivity index (χ1n) is 12.9. The third-order valence-electron chi connectivity index (χ3n) is 8.27. The van der Waals surface area contributed by atoms with Crippen molar-refractivity contribution in [3.8, 4) is 0 Å². The van der Waals surface area contributed by atoms with E-state index in [2.05, 4.69) is 9.89 Å². The molecule has 5 heterocycles. The molecule has 210 valence electrons. The number of fused-ring (bicyclic) bond motifs is 2. The van der Waals surface area contributed by atoms with Crippen LogP contribution in [0.25, 0.3) is 0 Å². The Morgan fingerprint density at radius 1 is 1.00 bits per heavy atom. The average Bonchev–Trinajstić information content (AvgIpc) is 3.01. The molecular formula is C24H34N4O8S2. The summed E-state index contributed by atoms with van der Waals surface area (Å²) in [4.78, 5) is 60.0. The second-order valence-corrected chi connectivity index (χ2v) is 15.9. The second kappa shape index (κ2) is 9.39. The first kappa shape index (κ1) is 27.2. The molecule has 0 aromatic heterocycles. The van der Waals surface area contributed by atoms with Gasteiger partial charge in [-0.3, -0.25) is 14.6 Å². The predicted octanol–water partition coefficient (Wildman–Crippen LogP) is 0.500. The minimum Gasteiger partial charge on any atom is -0.426 e. The van der Waals surface area contributed by atoms with Crippen molar-refractivity contribution in [1.82, 2.24) is 14.7 Å². The van der Waals surface area contributed by atoms with Gasteiger partial charge in [-0.25, -0.2) is 18.0 Å². The quantitative estimate of drug-likeness (QED) is 0.146. The number of carbonyl (C=O) groups excluding carboxylic acids is 4. The molecule has 14 heteroatoms. The lowest BCUT2D eigenvalue weighted by molar-refractivity contribution is -0.181. The maximum absolute atomic E-state index is 13.0. The molecule has 5 rings (SSSR count). The highest BCUT2D eigenvalue weighted by Gasteiger charge is 2.68. The summed E-state index contributed by atoms with van der Waals surface area (Å²) >= 11 is 1.48. The maximum atomic E-state index is 13.0. The lowest BCUT2D eigenvalue weighted by Gasteiger charge is -2.42. The van der Waals surface area contributed by atoms with Crippen LogP contribution in [0.4, 0.5) is 0 Å². The Morgan fingerprint density at radius 2 is 1.61 bits per heavy atom. The summed E-state index contributed by atoms with van der Waals surface area (Å²) in [7, 11) is -3.76. The molecule has 1 unspecified atom stereocenters. The van der Waals surface area contributed by atoms with Crippen LogP contribution in [0.2, 0.25) is 0 Å². The second-order valence-electron chi connectivity index (χ2n) is 11.5. The predicted molar refractivity (Wildman–Crippen MR) is 138 cm³/mol. The number of β-lactam (4-membered cyclic amide) rings is 2. The molecule has 5 atom stereocenters. The average molecular weight is 571 g/mol. The van der Waals surface area contributed by atoms with Gasteiger partial charge in [-0.1, -0.05) is 12.8 Å². The van der Waals surface area contributed by atoms with Crippen LogP contribution in [0, 0.1) is 0 Å². The van der Waals surface area contributed by atoms with Gasteiger partial charge in [0.25, 0.3) is 5.91 Å². The van der Waals surface area contributed by atoms with Crippen LogP contribution in [0.1, 0.15) is 59.8 Å². The fourth-order valence-corrected chi connectivity index (χ4v) is 9.74. The summed E-state index contributed by atoms with van der Waals surface area (Å²) in [6.07, 6.45) is 6.20. The molecule has 0 bridgehead atoms. The lowest BCUT2D eigenvalue weighted by Crippen LogP contribution is -2.65. The van der Waals surface area contributed by atoms with Gasteiger partial charge >= 0.3 is 11.9 Å². The molecule has 2 amide bonds. The number of likely N-dealkylation sites (tertiary alicyclic amines) is 1. The lowest BCUT2D eigenvalue weighted by atomic mass is 9.96. The zero-order valence-electron chi connectivity index (χ0n) is 22.0. The van der Waals surface area contributed by atoms with Crippen molar-refractivity contribution in [2.45, 2.75) is 98.2 Å². The number of nitrogens with zero attached hydrogens (tertiary/aromatic N) is 4. The summed E-state index contributed by atoms with van der Waals surface area (Å²) < 4.78 is 33.6. The summed E-state index contributed by atoms with van der Waals surface area (Å²) in [5.41, 5.74) is 0. The number of thioether (sulfide) groups is 1. The highest BCUT2D eigenvalue weighted by atomic mass is 32.2. The Labute approximate surface area is 226 Å². The Bertz CT molecular complexity index is 1180. The first-order chi connectivity index (χ1) is 17.8. The number of ether oxygens (including phenoxy) is 2. The molecule has 5 fully saturated rings. The van der Waals surface area contributed by atoms with E-state index >= 15 is 0 Å². The molecule has 38 heavy (non-hydrogen) atoms. The van der Waals surface area contributed by atoms with Gasteiger partial charge in [0.15, 0.2) is 15.9 Å². The fraction of sp³-hybridized carbons (Fsp3) is 0.792. The van der Waals surface area contributed by atoms with Gasteiger partial charge in [0.1, 0.15) is 22.8 Å². The van der Waals surface area contributed by atoms with E-state index in [1.54, 1.807) is 6.34 Å². The molecule has 0 saturated carbocycles. The maximum Gasteiger partial charge on any atom is 0.333 e. The summed E-state index contributed by atoms with van der Waals surface area (Å²) in [6, 6.07) is -2.77. The number of hydrogen-bond donors (Lipinski definition) is 0. The Kier molecular flexibility index (Phi) is 6.73.